The molecule has 2 aromatic carbocycles. The molecular weight excluding hydrogens is 424 g/mol. The number of hydrogen-bond donors (Lipinski definition) is 1. The highest BCUT2D eigenvalue weighted by Gasteiger charge is 2.12. The van der Waals surface area contributed by atoms with Crippen molar-refractivity contribution >= 4 is 16.9 Å². The number of benzene rings is 2. The molecule has 4 rings (SSSR count). The van der Waals surface area contributed by atoms with Crippen LogP contribution in [0.5, 0.6) is 5.75 Å². The molecule has 0 bridgehead atoms. The summed E-state index contributed by atoms with van der Waals surface area (Å²) in [4.78, 5) is 21.2. The van der Waals surface area contributed by atoms with Gasteiger partial charge in [-0.1, -0.05) is 50.2 Å². The summed E-state index contributed by atoms with van der Waals surface area (Å²) < 4.78 is 8.41. The van der Waals surface area contributed by atoms with Crippen LogP contribution in [0.3, 0.4) is 0 Å². The number of carbonyl (C=O) groups is 1. The van der Waals surface area contributed by atoms with Crippen molar-refractivity contribution in [1.82, 2.24) is 19.9 Å². The van der Waals surface area contributed by atoms with Crippen LogP contribution in [-0.4, -0.2) is 33.6 Å². The molecule has 0 atom stereocenters. The summed E-state index contributed by atoms with van der Waals surface area (Å²) in [5.41, 5.74) is 3.82. The number of imidazole rings is 1. The van der Waals surface area contributed by atoms with E-state index in [0.29, 0.717) is 24.8 Å². The number of fused-ring (bicyclic) bond motifs is 1. The minimum atomic E-state index is -0.145. The third kappa shape index (κ3) is 5.81. The van der Waals surface area contributed by atoms with E-state index in [4.69, 9.17) is 9.72 Å². The molecule has 0 aliphatic heterocycles. The third-order valence-corrected chi connectivity index (χ3v) is 5.82. The molecule has 34 heavy (non-hydrogen) atoms. The van der Waals surface area contributed by atoms with Gasteiger partial charge in [0.05, 0.1) is 17.6 Å². The van der Waals surface area contributed by atoms with Crippen molar-refractivity contribution in [2.75, 3.05) is 13.2 Å². The lowest BCUT2D eigenvalue weighted by Crippen LogP contribution is -2.25. The number of carbonyl (C=O) groups excluding carboxylic acids is 1. The smallest absolute Gasteiger partial charge is 0.269 e. The van der Waals surface area contributed by atoms with Gasteiger partial charge in [-0.05, 0) is 54.7 Å². The van der Waals surface area contributed by atoms with E-state index >= 15 is 0 Å². The standard InChI is InChI=1S/C28H32N4O2/c1-21(2)22-11-3-6-15-26(22)34-20-10-19-32-25-14-5-4-12-23(25)31-27(32)16-9-18-30-28(33)24-13-7-8-17-29-24/h3-8,11-15,17,21H,9-10,16,18-20H2,1-2H3,(H,30,33). The van der Waals surface area contributed by atoms with Crippen molar-refractivity contribution in [2.45, 2.75) is 45.6 Å². The van der Waals surface area contributed by atoms with Gasteiger partial charge in [0, 0.05) is 25.7 Å². The van der Waals surface area contributed by atoms with Crippen LogP contribution in [0.4, 0.5) is 0 Å². The molecule has 0 aliphatic carbocycles. The van der Waals surface area contributed by atoms with Gasteiger partial charge in [-0.2, -0.15) is 0 Å². The number of amides is 1. The first kappa shape index (κ1) is 23.5. The Labute approximate surface area is 201 Å². The Balaban J connectivity index is 1.34. The molecule has 0 aliphatic rings. The Morgan fingerprint density at radius 1 is 1.00 bits per heavy atom. The minimum Gasteiger partial charge on any atom is -0.493 e. The Morgan fingerprint density at radius 2 is 1.79 bits per heavy atom. The fourth-order valence-corrected chi connectivity index (χ4v) is 4.10. The van der Waals surface area contributed by atoms with Crippen LogP contribution in [0.2, 0.25) is 0 Å². The molecule has 0 fully saturated rings. The summed E-state index contributed by atoms with van der Waals surface area (Å²) in [5, 5.41) is 2.95. The number of hydrogen-bond acceptors (Lipinski definition) is 4. The van der Waals surface area contributed by atoms with Crippen LogP contribution < -0.4 is 10.1 Å². The second-order valence-electron chi connectivity index (χ2n) is 8.64. The lowest BCUT2D eigenvalue weighted by atomic mass is 10.0. The van der Waals surface area contributed by atoms with Crippen LogP contribution in [0.1, 0.15) is 54.5 Å². The molecule has 6 nitrogen and oxygen atoms in total. The van der Waals surface area contributed by atoms with Crippen molar-refractivity contribution in [3.8, 4) is 5.75 Å². The Kier molecular flexibility index (Phi) is 7.91. The first-order valence-electron chi connectivity index (χ1n) is 12.0. The molecule has 1 N–H and O–H groups in total. The van der Waals surface area contributed by atoms with E-state index in [1.165, 1.54) is 5.56 Å². The fourth-order valence-electron chi connectivity index (χ4n) is 4.10. The summed E-state index contributed by atoms with van der Waals surface area (Å²) in [5.74, 6) is 2.29. The Morgan fingerprint density at radius 3 is 2.62 bits per heavy atom. The minimum absolute atomic E-state index is 0.145. The number of nitrogens with zero attached hydrogens (tertiary/aromatic N) is 3. The van der Waals surface area contributed by atoms with Crippen LogP contribution in [0, 0.1) is 0 Å². The van der Waals surface area contributed by atoms with Gasteiger partial charge < -0.3 is 14.6 Å². The monoisotopic (exact) mass is 456 g/mol. The number of aromatic nitrogens is 3. The van der Waals surface area contributed by atoms with E-state index in [2.05, 4.69) is 46.9 Å². The Hall–Kier alpha value is -3.67. The van der Waals surface area contributed by atoms with E-state index in [1.807, 2.05) is 36.4 Å². The van der Waals surface area contributed by atoms with Crippen molar-refractivity contribution in [3.63, 3.8) is 0 Å². The van der Waals surface area contributed by atoms with E-state index in [1.54, 1.807) is 18.3 Å². The first-order valence-corrected chi connectivity index (χ1v) is 12.0. The highest BCUT2D eigenvalue weighted by Crippen LogP contribution is 2.26. The van der Waals surface area contributed by atoms with E-state index in [9.17, 15) is 4.79 Å². The number of ether oxygens (including phenoxy) is 1. The lowest BCUT2D eigenvalue weighted by molar-refractivity contribution is 0.0948. The van der Waals surface area contributed by atoms with Crippen LogP contribution in [-0.2, 0) is 13.0 Å². The highest BCUT2D eigenvalue weighted by molar-refractivity contribution is 5.92. The van der Waals surface area contributed by atoms with Gasteiger partial charge in [0.2, 0.25) is 0 Å². The average Bonchev–Trinajstić information content (AvgIpc) is 3.22. The maximum atomic E-state index is 12.2. The first-order chi connectivity index (χ1) is 16.6. The zero-order chi connectivity index (χ0) is 23.8. The molecule has 1 amide bonds. The molecule has 6 heteroatoms. The number of rotatable bonds is 11. The summed E-state index contributed by atoms with van der Waals surface area (Å²) in [6.07, 6.45) is 4.10. The van der Waals surface area contributed by atoms with Gasteiger partial charge in [0.25, 0.3) is 5.91 Å². The second kappa shape index (κ2) is 11.5. The number of para-hydroxylation sites is 3. The summed E-state index contributed by atoms with van der Waals surface area (Å²) >= 11 is 0. The number of nitrogens with one attached hydrogen (secondary N) is 1. The molecule has 0 spiro atoms. The largest absolute Gasteiger partial charge is 0.493 e. The predicted octanol–water partition coefficient (Wildman–Crippen LogP) is 5.39. The summed E-state index contributed by atoms with van der Waals surface area (Å²) in [6, 6.07) is 21.8. The SMILES string of the molecule is CC(C)c1ccccc1OCCCn1c(CCCNC(=O)c2ccccn2)nc2ccccc21. The van der Waals surface area contributed by atoms with Gasteiger partial charge in [0.1, 0.15) is 17.3 Å². The molecule has 0 radical (unpaired) electrons. The molecule has 176 valence electrons. The van der Waals surface area contributed by atoms with Crippen LogP contribution in [0.15, 0.2) is 72.9 Å². The zero-order valence-corrected chi connectivity index (χ0v) is 19.9. The van der Waals surface area contributed by atoms with Crippen molar-refractivity contribution in [2.24, 2.45) is 0 Å². The maximum absolute atomic E-state index is 12.2. The molecule has 2 aromatic heterocycles. The van der Waals surface area contributed by atoms with E-state index in [-0.39, 0.29) is 5.91 Å². The van der Waals surface area contributed by atoms with Crippen molar-refractivity contribution in [3.05, 3.63) is 90.0 Å². The lowest BCUT2D eigenvalue weighted by Gasteiger charge is -2.14. The van der Waals surface area contributed by atoms with Crippen molar-refractivity contribution in [1.29, 1.82) is 0 Å². The maximum Gasteiger partial charge on any atom is 0.269 e. The highest BCUT2D eigenvalue weighted by atomic mass is 16.5. The third-order valence-electron chi connectivity index (χ3n) is 5.82. The normalized spacial score (nSPS) is 11.1. The van der Waals surface area contributed by atoms with Gasteiger partial charge in [-0.15, -0.1) is 0 Å². The zero-order valence-electron chi connectivity index (χ0n) is 19.9. The average molecular weight is 457 g/mol. The molecule has 2 heterocycles. The van der Waals surface area contributed by atoms with E-state index < -0.39 is 0 Å². The summed E-state index contributed by atoms with van der Waals surface area (Å²) in [6.45, 7) is 6.43. The number of aryl methyl sites for hydroxylation is 2. The molecule has 0 saturated carbocycles. The van der Waals surface area contributed by atoms with Gasteiger partial charge in [-0.25, -0.2) is 4.98 Å². The topological polar surface area (TPSA) is 69.0 Å². The molecule has 0 unspecified atom stereocenters. The quantitative estimate of drug-likeness (QED) is 0.307. The number of pyridine rings is 1. The van der Waals surface area contributed by atoms with Gasteiger partial charge >= 0.3 is 0 Å². The van der Waals surface area contributed by atoms with Crippen molar-refractivity contribution < 1.29 is 9.53 Å². The summed E-state index contributed by atoms with van der Waals surface area (Å²) in [7, 11) is 0. The van der Waals surface area contributed by atoms with Crippen LogP contribution >= 0.6 is 0 Å². The predicted molar refractivity (Wildman–Crippen MR) is 135 cm³/mol. The molecule has 0 saturated heterocycles. The molecular formula is C28H32N4O2. The van der Waals surface area contributed by atoms with E-state index in [0.717, 1.165) is 48.4 Å². The fraction of sp³-hybridized carbons (Fsp3) is 0.321. The van der Waals surface area contributed by atoms with Crippen LogP contribution in [0.25, 0.3) is 11.0 Å². The van der Waals surface area contributed by atoms with Gasteiger partial charge in [0.15, 0.2) is 0 Å². The Bertz CT molecular complexity index is 1220. The molecule has 4 aromatic rings. The second-order valence-corrected chi connectivity index (χ2v) is 8.64. The van der Waals surface area contributed by atoms with Gasteiger partial charge in [-0.3, -0.25) is 9.78 Å².